The number of carbonyl (C=O) groups excluding carboxylic acids is 1. The van der Waals surface area contributed by atoms with E-state index in [4.69, 9.17) is 17.0 Å². The summed E-state index contributed by atoms with van der Waals surface area (Å²) in [6.07, 6.45) is -1.51. The minimum Gasteiger partial charge on any atom is -0.354 e. The second-order valence-corrected chi connectivity index (χ2v) is 9.74. The second-order valence-electron chi connectivity index (χ2n) is 9.33. The van der Waals surface area contributed by atoms with E-state index < -0.39 is 11.9 Å². The molecule has 10 heteroatoms. The van der Waals surface area contributed by atoms with Crippen LogP contribution in [-0.2, 0) is 0 Å². The summed E-state index contributed by atoms with van der Waals surface area (Å²) in [5, 5.41) is 10.7. The van der Waals surface area contributed by atoms with Crippen molar-refractivity contribution in [3.8, 4) is 0 Å². The SMILES string of the molecule is N=C(/C=C(\Nc1ccccc1Cl)c1ccc(C(=O)N2CCN(CCN3CCCC3)CC2)cc1)C(F)(F)F. The topological polar surface area (TPSA) is 62.7 Å². The van der Waals surface area contributed by atoms with E-state index in [1.54, 1.807) is 48.5 Å². The number of amides is 1. The number of likely N-dealkylation sites (tertiary alicyclic amines) is 1. The highest BCUT2D eigenvalue weighted by molar-refractivity contribution is 6.33. The van der Waals surface area contributed by atoms with Crippen LogP contribution in [0.25, 0.3) is 5.70 Å². The highest BCUT2D eigenvalue weighted by Crippen LogP contribution is 2.27. The minimum atomic E-state index is -4.79. The van der Waals surface area contributed by atoms with Crippen molar-refractivity contribution in [1.82, 2.24) is 14.7 Å². The van der Waals surface area contributed by atoms with Crippen LogP contribution < -0.4 is 5.32 Å². The average molecular weight is 534 g/mol. The fraction of sp³-hybridized carbons (Fsp3) is 0.407. The molecule has 0 unspecified atom stereocenters. The number of piperazine rings is 1. The second kappa shape index (κ2) is 12.1. The van der Waals surface area contributed by atoms with Crippen LogP contribution in [0.4, 0.5) is 18.9 Å². The Bertz CT molecular complexity index is 1120. The van der Waals surface area contributed by atoms with Gasteiger partial charge in [-0.3, -0.25) is 15.1 Å². The Morgan fingerprint density at radius 3 is 2.05 bits per heavy atom. The van der Waals surface area contributed by atoms with E-state index in [2.05, 4.69) is 15.1 Å². The molecule has 0 bridgehead atoms. The number of halogens is 4. The van der Waals surface area contributed by atoms with Crippen LogP contribution in [0.2, 0.25) is 5.02 Å². The minimum absolute atomic E-state index is 0.0565. The molecule has 0 aliphatic carbocycles. The molecule has 2 aromatic carbocycles. The fourth-order valence-corrected chi connectivity index (χ4v) is 4.75. The summed E-state index contributed by atoms with van der Waals surface area (Å²) in [5.74, 6) is -0.0987. The van der Waals surface area contributed by atoms with Crippen molar-refractivity contribution in [1.29, 1.82) is 5.41 Å². The van der Waals surface area contributed by atoms with Crippen LogP contribution in [0.15, 0.2) is 54.6 Å². The summed E-state index contributed by atoms with van der Waals surface area (Å²) in [5.41, 5.74) is -0.159. The molecule has 2 aliphatic heterocycles. The van der Waals surface area contributed by atoms with Crippen molar-refractivity contribution < 1.29 is 18.0 Å². The van der Waals surface area contributed by atoms with Crippen LogP contribution in [0.5, 0.6) is 0 Å². The molecule has 0 spiro atoms. The van der Waals surface area contributed by atoms with E-state index in [0.717, 1.165) is 32.3 Å². The Labute approximate surface area is 220 Å². The summed E-state index contributed by atoms with van der Waals surface area (Å²) < 4.78 is 39.3. The standard InChI is InChI=1S/C27H31ClF3N5O/c28-22-5-1-2-6-23(22)33-24(19-25(32)27(29,30)31)20-7-9-21(10-8-20)26(37)36-17-15-35(16-18-36)14-13-34-11-3-4-12-34/h1-2,5-10,19,32-33H,3-4,11-18H2/b24-19-,32-25?. The van der Waals surface area contributed by atoms with Crippen molar-refractivity contribution in [2.45, 2.75) is 19.0 Å². The van der Waals surface area contributed by atoms with E-state index in [1.807, 2.05) is 4.90 Å². The first-order valence-electron chi connectivity index (χ1n) is 12.4. The number of benzene rings is 2. The van der Waals surface area contributed by atoms with Gasteiger partial charge >= 0.3 is 6.18 Å². The van der Waals surface area contributed by atoms with Crippen LogP contribution in [-0.4, -0.2) is 84.9 Å². The van der Waals surface area contributed by atoms with E-state index >= 15 is 0 Å². The Hall–Kier alpha value is -2.88. The molecular formula is C27H31ClF3N5O. The van der Waals surface area contributed by atoms with Crippen molar-refractivity contribution >= 4 is 34.6 Å². The molecule has 2 heterocycles. The largest absolute Gasteiger partial charge is 0.432 e. The number of nitrogens with one attached hydrogen (secondary N) is 2. The monoisotopic (exact) mass is 533 g/mol. The first kappa shape index (κ1) is 27.2. The average Bonchev–Trinajstić information content (AvgIpc) is 3.41. The number of carbonyl (C=O) groups is 1. The lowest BCUT2D eigenvalue weighted by atomic mass is 10.1. The molecule has 6 nitrogen and oxygen atoms in total. The van der Waals surface area contributed by atoms with Gasteiger partial charge in [-0.25, -0.2) is 0 Å². The van der Waals surface area contributed by atoms with Gasteiger partial charge in [-0.05, 0) is 61.8 Å². The maximum absolute atomic E-state index is 13.1. The molecule has 0 radical (unpaired) electrons. The number of hydrogen-bond donors (Lipinski definition) is 2. The first-order valence-corrected chi connectivity index (χ1v) is 12.8. The van der Waals surface area contributed by atoms with Gasteiger partial charge < -0.3 is 15.1 Å². The van der Waals surface area contributed by atoms with E-state index in [-0.39, 0.29) is 11.6 Å². The van der Waals surface area contributed by atoms with Gasteiger partial charge in [0.2, 0.25) is 0 Å². The van der Waals surface area contributed by atoms with Gasteiger partial charge in [0, 0.05) is 50.5 Å². The Balaban J connectivity index is 1.41. The molecule has 2 N–H and O–H groups in total. The summed E-state index contributed by atoms with van der Waals surface area (Å²) in [6, 6.07) is 13.0. The summed E-state index contributed by atoms with van der Waals surface area (Å²) in [6.45, 7) is 7.37. The third-order valence-corrected chi connectivity index (χ3v) is 7.10. The third kappa shape index (κ3) is 7.34. The van der Waals surface area contributed by atoms with Crippen LogP contribution >= 0.6 is 11.6 Å². The van der Waals surface area contributed by atoms with E-state index in [9.17, 15) is 18.0 Å². The lowest BCUT2D eigenvalue weighted by molar-refractivity contribution is -0.0583. The van der Waals surface area contributed by atoms with Gasteiger partial charge in [-0.15, -0.1) is 0 Å². The number of nitrogens with zero attached hydrogens (tertiary/aromatic N) is 3. The van der Waals surface area contributed by atoms with Gasteiger partial charge in [0.05, 0.1) is 10.7 Å². The summed E-state index contributed by atoms with van der Waals surface area (Å²) in [7, 11) is 0. The van der Waals surface area contributed by atoms with Gasteiger partial charge in [-0.1, -0.05) is 35.9 Å². The molecule has 2 aliphatic rings. The molecular weight excluding hydrogens is 503 g/mol. The fourth-order valence-electron chi connectivity index (χ4n) is 4.56. The van der Waals surface area contributed by atoms with Crippen molar-refractivity contribution in [3.63, 3.8) is 0 Å². The van der Waals surface area contributed by atoms with Crippen molar-refractivity contribution in [2.75, 3.05) is 57.7 Å². The number of para-hydroxylation sites is 1. The van der Waals surface area contributed by atoms with Crippen LogP contribution in [0, 0.1) is 5.41 Å². The van der Waals surface area contributed by atoms with Gasteiger partial charge in [0.25, 0.3) is 5.91 Å². The third-order valence-electron chi connectivity index (χ3n) is 6.77. The lowest BCUT2D eigenvalue weighted by Crippen LogP contribution is -2.50. The van der Waals surface area contributed by atoms with Gasteiger partial charge in [0.15, 0.2) is 0 Å². The number of hydrogen-bond acceptors (Lipinski definition) is 5. The van der Waals surface area contributed by atoms with Crippen molar-refractivity contribution in [2.24, 2.45) is 0 Å². The molecule has 198 valence electrons. The molecule has 2 saturated heterocycles. The zero-order valence-electron chi connectivity index (χ0n) is 20.5. The van der Waals surface area contributed by atoms with E-state index in [1.165, 1.54) is 25.9 Å². The van der Waals surface area contributed by atoms with Gasteiger partial charge in [0.1, 0.15) is 5.71 Å². The highest BCUT2D eigenvalue weighted by Gasteiger charge is 2.33. The number of alkyl halides is 3. The molecule has 0 aromatic heterocycles. The summed E-state index contributed by atoms with van der Waals surface area (Å²) >= 11 is 6.18. The molecule has 37 heavy (non-hydrogen) atoms. The first-order chi connectivity index (χ1) is 17.7. The predicted octanol–water partition coefficient (Wildman–Crippen LogP) is 5.23. The number of allylic oxidation sites excluding steroid dienone is 1. The molecule has 0 atom stereocenters. The molecule has 4 rings (SSSR count). The van der Waals surface area contributed by atoms with E-state index in [0.29, 0.717) is 34.9 Å². The van der Waals surface area contributed by atoms with Crippen molar-refractivity contribution in [3.05, 3.63) is 70.8 Å². The maximum Gasteiger partial charge on any atom is 0.432 e. The Morgan fingerprint density at radius 1 is 0.892 bits per heavy atom. The zero-order chi connectivity index (χ0) is 26.4. The zero-order valence-corrected chi connectivity index (χ0v) is 21.3. The normalized spacial score (nSPS) is 17.7. The quantitative estimate of drug-likeness (QED) is 0.456. The highest BCUT2D eigenvalue weighted by atomic mass is 35.5. The summed E-state index contributed by atoms with van der Waals surface area (Å²) in [4.78, 5) is 19.8. The molecule has 2 aromatic rings. The number of rotatable bonds is 8. The van der Waals surface area contributed by atoms with Crippen LogP contribution in [0.1, 0.15) is 28.8 Å². The Morgan fingerprint density at radius 2 is 1.46 bits per heavy atom. The maximum atomic E-state index is 13.1. The molecule has 1 amide bonds. The predicted molar refractivity (Wildman–Crippen MR) is 141 cm³/mol. The van der Waals surface area contributed by atoms with Gasteiger partial charge in [-0.2, -0.15) is 13.2 Å². The molecule has 2 fully saturated rings. The molecule has 0 saturated carbocycles. The van der Waals surface area contributed by atoms with Crippen LogP contribution in [0.3, 0.4) is 0 Å². The Kier molecular flexibility index (Phi) is 8.89. The smallest absolute Gasteiger partial charge is 0.354 e. The number of anilines is 1. The lowest BCUT2D eigenvalue weighted by Gasteiger charge is -2.35.